The SMILES string of the molecule is F[Si](F)CCc1cccc(C(F)(F)F)c1. The van der Waals surface area contributed by atoms with E-state index in [0.717, 1.165) is 12.1 Å². The topological polar surface area (TPSA) is 0 Å². The maximum Gasteiger partial charge on any atom is 0.477 e. The first kappa shape index (κ1) is 12.2. The number of rotatable bonds is 3. The second-order valence-electron chi connectivity index (χ2n) is 3.04. The predicted octanol–water partition coefficient (Wildman–Crippen LogP) is 3.68. The van der Waals surface area contributed by atoms with E-state index in [1.165, 1.54) is 12.1 Å². The third-order valence-electron chi connectivity index (χ3n) is 1.86. The minimum absolute atomic E-state index is 0.00517. The van der Waals surface area contributed by atoms with Gasteiger partial charge < -0.3 is 0 Å². The van der Waals surface area contributed by atoms with E-state index in [4.69, 9.17) is 0 Å². The van der Waals surface area contributed by atoms with Gasteiger partial charge in [0, 0.05) is 6.04 Å². The highest BCUT2D eigenvalue weighted by atomic mass is 28.4. The highest BCUT2D eigenvalue weighted by molar-refractivity contribution is 6.42. The molecule has 0 aliphatic heterocycles. The van der Waals surface area contributed by atoms with Crippen LogP contribution in [0.15, 0.2) is 24.3 Å². The van der Waals surface area contributed by atoms with E-state index in [9.17, 15) is 21.4 Å². The zero-order chi connectivity index (χ0) is 11.5. The van der Waals surface area contributed by atoms with E-state index in [-0.39, 0.29) is 12.5 Å². The lowest BCUT2D eigenvalue weighted by Crippen LogP contribution is -2.06. The van der Waals surface area contributed by atoms with E-state index >= 15 is 0 Å². The molecule has 0 atom stereocenters. The largest absolute Gasteiger partial charge is 0.477 e. The zero-order valence-corrected chi connectivity index (χ0v) is 8.61. The molecular weight excluding hydrogens is 231 g/mol. The number of hydrogen-bond donors (Lipinski definition) is 0. The Bertz CT molecular complexity index is 321. The lowest BCUT2D eigenvalue weighted by atomic mass is 10.1. The van der Waals surface area contributed by atoms with Gasteiger partial charge in [0.25, 0.3) is 0 Å². The Hall–Kier alpha value is -0.913. The molecule has 0 N–H and O–H groups in total. The molecule has 0 saturated heterocycles. The van der Waals surface area contributed by atoms with E-state index < -0.39 is 21.2 Å². The Kier molecular flexibility index (Phi) is 3.84. The molecule has 0 aliphatic rings. The molecule has 1 aromatic rings. The molecule has 0 nitrogen and oxygen atoms in total. The van der Waals surface area contributed by atoms with E-state index in [1.807, 2.05) is 0 Å². The molecule has 0 aliphatic carbocycles. The summed E-state index contributed by atoms with van der Waals surface area (Å²) in [6.07, 6.45) is -4.40. The van der Waals surface area contributed by atoms with Crippen LogP contribution in [0.5, 0.6) is 0 Å². The Balaban J connectivity index is 2.75. The van der Waals surface area contributed by atoms with Crippen LogP contribution < -0.4 is 0 Å². The van der Waals surface area contributed by atoms with Crippen molar-refractivity contribution in [3.63, 3.8) is 0 Å². The van der Waals surface area contributed by atoms with Gasteiger partial charge in [-0.25, -0.2) is 0 Å². The van der Waals surface area contributed by atoms with Crippen LogP contribution in [-0.4, -0.2) is 9.46 Å². The second-order valence-corrected chi connectivity index (χ2v) is 4.21. The van der Waals surface area contributed by atoms with Crippen LogP contribution in [0.3, 0.4) is 0 Å². The van der Waals surface area contributed by atoms with Crippen molar-refractivity contribution in [3.8, 4) is 0 Å². The van der Waals surface area contributed by atoms with Crippen LogP contribution in [-0.2, 0) is 12.6 Å². The van der Waals surface area contributed by atoms with Gasteiger partial charge in [-0.15, -0.1) is 0 Å². The predicted molar refractivity (Wildman–Crippen MR) is 47.9 cm³/mol. The highest BCUT2D eigenvalue weighted by Crippen LogP contribution is 2.29. The van der Waals surface area contributed by atoms with Gasteiger partial charge in [0.2, 0.25) is 0 Å². The molecule has 15 heavy (non-hydrogen) atoms. The smallest absolute Gasteiger partial charge is 0.268 e. The summed E-state index contributed by atoms with van der Waals surface area (Å²) in [7, 11) is -3.36. The first-order valence-electron chi connectivity index (χ1n) is 4.22. The molecule has 6 heteroatoms. The molecule has 1 aromatic carbocycles. The summed E-state index contributed by atoms with van der Waals surface area (Å²) in [5.74, 6) is 0. The fraction of sp³-hybridized carbons (Fsp3) is 0.333. The molecule has 0 saturated carbocycles. The number of benzene rings is 1. The third-order valence-corrected chi connectivity index (χ3v) is 2.48. The van der Waals surface area contributed by atoms with Crippen molar-refractivity contribution >= 4 is 9.46 Å². The molecule has 1 radical (unpaired) electrons. The molecule has 0 aromatic heterocycles. The van der Waals surface area contributed by atoms with Crippen molar-refractivity contribution in [1.29, 1.82) is 0 Å². The normalized spacial score (nSPS) is 12.1. The summed E-state index contributed by atoms with van der Waals surface area (Å²) in [4.78, 5) is 0. The molecule has 0 heterocycles. The molecule has 83 valence electrons. The average molecular weight is 239 g/mol. The maximum absolute atomic E-state index is 12.2. The van der Waals surface area contributed by atoms with Crippen LogP contribution in [0.2, 0.25) is 6.04 Å². The summed E-state index contributed by atoms with van der Waals surface area (Å²) in [6, 6.07) is 4.21. The van der Waals surface area contributed by atoms with Crippen LogP contribution in [0.4, 0.5) is 21.4 Å². The van der Waals surface area contributed by atoms with Crippen molar-refractivity contribution in [2.45, 2.75) is 18.6 Å². The van der Waals surface area contributed by atoms with Gasteiger partial charge in [-0.2, -0.15) is 13.2 Å². The van der Waals surface area contributed by atoms with Crippen molar-refractivity contribution in [2.24, 2.45) is 0 Å². The standard InChI is InChI=1S/C9H8F5Si/c10-9(11,12)8-3-1-2-7(6-8)4-5-15(13)14/h1-3,6H,4-5H2. The number of aryl methyl sites for hydroxylation is 1. The minimum atomic E-state index is -4.41. The summed E-state index contributed by atoms with van der Waals surface area (Å²) in [5.41, 5.74) is -0.478. The van der Waals surface area contributed by atoms with Gasteiger partial charge in [0.1, 0.15) is 0 Å². The Morgan fingerprint density at radius 3 is 2.33 bits per heavy atom. The van der Waals surface area contributed by atoms with Crippen molar-refractivity contribution < 1.29 is 21.4 Å². The molecule has 1 rings (SSSR count). The van der Waals surface area contributed by atoms with E-state index in [2.05, 4.69) is 0 Å². The maximum atomic E-state index is 12.2. The fourth-order valence-electron chi connectivity index (χ4n) is 1.14. The lowest BCUT2D eigenvalue weighted by Gasteiger charge is -2.07. The fourth-order valence-corrected chi connectivity index (χ4v) is 1.62. The molecule has 0 unspecified atom stereocenters. The van der Waals surface area contributed by atoms with Gasteiger partial charge in [-0.05, 0) is 18.1 Å². The Morgan fingerprint density at radius 1 is 1.13 bits per heavy atom. The number of halogens is 5. The van der Waals surface area contributed by atoms with Gasteiger partial charge in [0.15, 0.2) is 0 Å². The van der Waals surface area contributed by atoms with Crippen LogP contribution in [0, 0.1) is 0 Å². The van der Waals surface area contributed by atoms with Crippen LogP contribution in [0.1, 0.15) is 11.1 Å². The van der Waals surface area contributed by atoms with Crippen LogP contribution >= 0.6 is 0 Å². The van der Waals surface area contributed by atoms with E-state index in [0.29, 0.717) is 5.56 Å². The summed E-state index contributed by atoms with van der Waals surface area (Å²) in [5, 5.41) is 0. The first-order valence-corrected chi connectivity index (χ1v) is 5.69. The average Bonchev–Trinajstić information content (AvgIpc) is 2.14. The molecule has 0 amide bonds. The summed E-state index contributed by atoms with van der Waals surface area (Å²) >= 11 is 0. The number of alkyl halides is 3. The van der Waals surface area contributed by atoms with Gasteiger partial charge in [-0.1, -0.05) is 18.2 Å². The van der Waals surface area contributed by atoms with Crippen molar-refractivity contribution in [1.82, 2.24) is 0 Å². The Labute approximate surface area is 85.7 Å². The highest BCUT2D eigenvalue weighted by Gasteiger charge is 2.30. The quantitative estimate of drug-likeness (QED) is 0.429. The van der Waals surface area contributed by atoms with Gasteiger partial charge in [-0.3, -0.25) is 8.22 Å². The molecular formula is C9H8F5Si. The van der Waals surface area contributed by atoms with Gasteiger partial charge in [0.05, 0.1) is 5.56 Å². The third kappa shape index (κ3) is 3.99. The van der Waals surface area contributed by atoms with Crippen LogP contribution in [0.25, 0.3) is 0 Å². The zero-order valence-electron chi connectivity index (χ0n) is 7.61. The van der Waals surface area contributed by atoms with E-state index in [1.54, 1.807) is 0 Å². The summed E-state index contributed by atoms with van der Waals surface area (Å²) < 4.78 is 60.5. The summed E-state index contributed by atoms with van der Waals surface area (Å²) in [6.45, 7) is 0. The van der Waals surface area contributed by atoms with Crippen molar-refractivity contribution in [3.05, 3.63) is 35.4 Å². The Morgan fingerprint density at radius 2 is 1.80 bits per heavy atom. The molecule has 0 bridgehead atoms. The second kappa shape index (κ2) is 4.74. The molecule has 0 spiro atoms. The monoisotopic (exact) mass is 239 g/mol. The molecule has 0 fully saturated rings. The van der Waals surface area contributed by atoms with Crippen molar-refractivity contribution in [2.75, 3.05) is 0 Å². The lowest BCUT2D eigenvalue weighted by molar-refractivity contribution is -0.137. The van der Waals surface area contributed by atoms with Gasteiger partial charge >= 0.3 is 15.6 Å². The minimum Gasteiger partial charge on any atom is -0.268 e. The first-order chi connectivity index (χ1) is 6.89. The number of hydrogen-bond acceptors (Lipinski definition) is 0.